The second-order valence-corrected chi connectivity index (χ2v) is 10.0. The molecule has 2 aromatic carbocycles. The summed E-state index contributed by atoms with van der Waals surface area (Å²) in [6, 6.07) is 14.8. The second-order valence-electron chi connectivity index (χ2n) is 10.0. The van der Waals surface area contributed by atoms with Crippen LogP contribution in [0.1, 0.15) is 44.7 Å². The van der Waals surface area contributed by atoms with E-state index < -0.39 is 46.2 Å². The van der Waals surface area contributed by atoms with Crippen molar-refractivity contribution in [1.82, 2.24) is 10.2 Å². The average molecular weight is 554 g/mol. The van der Waals surface area contributed by atoms with Crippen LogP contribution in [0.4, 0.5) is 5.69 Å². The maximum Gasteiger partial charge on any atom is 0.336 e. The van der Waals surface area contributed by atoms with Crippen molar-refractivity contribution in [1.29, 1.82) is 0 Å². The number of nitrogens with one attached hydrogen (secondary N) is 1. The molecule has 1 heterocycles. The van der Waals surface area contributed by atoms with E-state index in [9.17, 15) is 29.6 Å². The summed E-state index contributed by atoms with van der Waals surface area (Å²) < 4.78 is 10.6. The van der Waals surface area contributed by atoms with Gasteiger partial charge in [-0.05, 0) is 38.9 Å². The Kier molecular flexibility index (Phi) is 9.65. The van der Waals surface area contributed by atoms with Crippen LogP contribution in [0.3, 0.4) is 0 Å². The Hall–Kier alpha value is -4.25. The molecule has 0 spiro atoms. The van der Waals surface area contributed by atoms with E-state index in [2.05, 4.69) is 5.32 Å². The average Bonchev–Trinajstić information content (AvgIpc) is 2.91. The molecule has 2 N–H and O–H groups in total. The number of nitrogens with zero attached hydrogens (tertiary/aromatic N) is 2. The van der Waals surface area contributed by atoms with E-state index in [1.807, 2.05) is 49.2 Å². The number of benzene rings is 2. The van der Waals surface area contributed by atoms with E-state index in [0.29, 0.717) is 6.54 Å². The molecular weight excluding hydrogens is 518 g/mol. The van der Waals surface area contributed by atoms with Crippen LogP contribution in [0.5, 0.6) is 0 Å². The number of carboxylic acids is 1. The zero-order valence-corrected chi connectivity index (χ0v) is 23.2. The van der Waals surface area contributed by atoms with Gasteiger partial charge in [-0.2, -0.15) is 0 Å². The largest absolute Gasteiger partial charge is 0.481 e. The fourth-order valence-electron chi connectivity index (χ4n) is 5.34. The van der Waals surface area contributed by atoms with Gasteiger partial charge in [-0.1, -0.05) is 42.5 Å². The lowest BCUT2D eigenvalue weighted by Crippen LogP contribution is -2.66. The summed E-state index contributed by atoms with van der Waals surface area (Å²) in [4.78, 5) is 51.3. The number of carbonyl (C=O) groups is 3. The van der Waals surface area contributed by atoms with Gasteiger partial charge >= 0.3 is 17.9 Å². The van der Waals surface area contributed by atoms with Crippen LogP contribution in [0, 0.1) is 16.0 Å². The van der Waals surface area contributed by atoms with Crippen LogP contribution in [0.15, 0.2) is 65.9 Å². The summed E-state index contributed by atoms with van der Waals surface area (Å²) in [5.74, 6) is -5.03. The number of carbonyl (C=O) groups excluding carboxylic acids is 2. The van der Waals surface area contributed by atoms with Crippen LogP contribution in [0.25, 0.3) is 0 Å². The number of non-ortho nitro benzene ring substituents is 1. The Balaban J connectivity index is 2.25. The number of aliphatic carboxylic acids is 1. The van der Waals surface area contributed by atoms with Gasteiger partial charge in [-0.25, -0.2) is 4.79 Å². The van der Waals surface area contributed by atoms with Crippen molar-refractivity contribution in [2.75, 3.05) is 20.3 Å². The Morgan fingerprint density at radius 3 is 2.40 bits per heavy atom. The fourth-order valence-corrected chi connectivity index (χ4v) is 5.34. The van der Waals surface area contributed by atoms with Gasteiger partial charge in [-0.3, -0.25) is 24.6 Å². The third-order valence-corrected chi connectivity index (χ3v) is 7.46. The molecule has 11 nitrogen and oxygen atoms in total. The number of rotatable bonds is 11. The predicted molar refractivity (Wildman–Crippen MR) is 146 cm³/mol. The standard InChI is InChI=1S/C29H35N3O8/c1-6-39-28(36)25-23(17-40-19(3)33)30-29(4,18(2)31(5)16-20-11-8-7-9-12-20)26(27(34)35)24(25)21-13-10-14-22(15-21)32(37)38/h7-15,18,24,26,30H,6,16-17H2,1-5H3,(H,34,35). The fraction of sp³-hybridized carbons (Fsp3) is 0.414. The molecule has 0 saturated heterocycles. The molecule has 40 heavy (non-hydrogen) atoms. The smallest absolute Gasteiger partial charge is 0.336 e. The first kappa shape index (κ1) is 30.3. The first-order valence-electron chi connectivity index (χ1n) is 12.9. The van der Waals surface area contributed by atoms with E-state index >= 15 is 0 Å². The van der Waals surface area contributed by atoms with Gasteiger partial charge in [0.15, 0.2) is 0 Å². The maximum absolute atomic E-state index is 13.4. The number of hydrogen-bond acceptors (Lipinski definition) is 9. The highest BCUT2D eigenvalue weighted by molar-refractivity contribution is 5.94. The summed E-state index contributed by atoms with van der Waals surface area (Å²) in [6.45, 7) is 6.61. The summed E-state index contributed by atoms with van der Waals surface area (Å²) in [5.41, 5.74) is -0.0786. The van der Waals surface area contributed by atoms with Crippen molar-refractivity contribution < 1.29 is 33.9 Å². The number of carboxylic acid groups (broad SMARTS) is 1. The number of nitro benzene ring substituents is 1. The molecule has 2 aromatic rings. The lowest BCUT2D eigenvalue weighted by molar-refractivity contribution is -0.384. The van der Waals surface area contributed by atoms with Gasteiger partial charge in [0.1, 0.15) is 6.61 Å². The van der Waals surface area contributed by atoms with Crippen molar-refractivity contribution in [3.8, 4) is 0 Å². The summed E-state index contributed by atoms with van der Waals surface area (Å²) >= 11 is 0. The number of esters is 2. The van der Waals surface area contributed by atoms with Crippen LogP contribution in [0.2, 0.25) is 0 Å². The zero-order chi connectivity index (χ0) is 29.6. The molecular formula is C29H35N3O8. The van der Waals surface area contributed by atoms with Crippen LogP contribution in [-0.4, -0.2) is 64.7 Å². The number of nitro groups is 1. The minimum Gasteiger partial charge on any atom is -0.481 e. The Bertz CT molecular complexity index is 1300. The molecule has 3 rings (SSSR count). The first-order valence-corrected chi connectivity index (χ1v) is 12.9. The normalized spacial score (nSPS) is 21.4. The van der Waals surface area contributed by atoms with Crippen molar-refractivity contribution in [2.45, 2.75) is 51.7 Å². The Morgan fingerprint density at radius 2 is 1.82 bits per heavy atom. The predicted octanol–water partition coefficient (Wildman–Crippen LogP) is 3.64. The molecule has 1 aliphatic rings. The quantitative estimate of drug-likeness (QED) is 0.240. The monoisotopic (exact) mass is 553 g/mol. The third-order valence-electron chi connectivity index (χ3n) is 7.46. The van der Waals surface area contributed by atoms with Crippen LogP contribution < -0.4 is 5.32 Å². The van der Waals surface area contributed by atoms with Gasteiger partial charge in [0.05, 0.1) is 34.3 Å². The van der Waals surface area contributed by atoms with Crippen molar-refractivity contribution in [3.05, 3.63) is 87.1 Å². The third kappa shape index (κ3) is 6.48. The maximum atomic E-state index is 13.4. The molecule has 0 fully saturated rings. The highest BCUT2D eigenvalue weighted by atomic mass is 16.6. The van der Waals surface area contributed by atoms with E-state index in [-0.39, 0.29) is 35.7 Å². The van der Waals surface area contributed by atoms with Crippen molar-refractivity contribution in [2.24, 2.45) is 5.92 Å². The molecule has 1 aliphatic heterocycles. The molecule has 4 atom stereocenters. The highest BCUT2D eigenvalue weighted by Gasteiger charge is 2.55. The SMILES string of the molecule is CCOC(=O)C1=C(COC(C)=O)NC(C)(C(C)N(C)Cc2ccccc2)C(C(=O)O)C1c1cccc([N+](=O)[O-])c1. The minimum absolute atomic E-state index is 0.00998. The van der Waals surface area contributed by atoms with Gasteiger partial charge in [0.2, 0.25) is 0 Å². The number of hydrogen-bond donors (Lipinski definition) is 2. The van der Waals surface area contributed by atoms with Crippen LogP contribution >= 0.6 is 0 Å². The van der Waals surface area contributed by atoms with E-state index in [4.69, 9.17) is 9.47 Å². The highest BCUT2D eigenvalue weighted by Crippen LogP contribution is 2.46. The summed E-state index contributed by atoms with van der Waals surface area (Å²) in [6.07, 6.45) is 0. The number of likely N-dealkylation sites (N-methyl/N-ethyl adjacent to an activating group) is 1. The summed E-state index contributed by atoms with van der Waals surface area (Å²) in [7, 11) is 1.86. The molecule has 0 aliphatic carbocycles. The molecule has 4 unspecified atom stereocenters. The minimum atomic E-state index is -1.27. The first-order chi connectivity index (χ1) is 18.9. The Labute approximate surface area is 232 Å². The molecule has 11 heteroatoms. The van der Waals surface area contributed by atoms with E-state index in [0.717, 1.165) is 5.56 Å². The van der Waals surface area contributed by atoms with Gasteiger partial charge < -0.3 is 19.9 Å². The van der Waals surface area contributed by atoms with Crippen molar-refractivity contribution >= 4 is 23.6 Å². The van der Waals surface area contributed by atoms with Gasteiger partial charge in [0, 0.05) is 37.6 Å². The molecule has 0 radical (unpaired) electrons. The molecule has 0 aromatic heterocycles. The topological polar surface area (TPSA) is 148 Å². The molecule has 214 valence electrons. The lowest BCUT2D eigenvalue weighted by Gasteiger charge is -2.51. The number of ether oxygens (including phenoxy) is 2. The molecule has 0 amide bonds. The van der Waals surface area contributed by atoms with Gasteiger partial charge in [0.25, 0.3) is 5.69 Å². The van der Waals surface area contributed by atoms with Gasteiger partial charge in [-0.15, -0.1) is 0 Å². The molecule has 0 saturated carbocycles. The molecule has 0 bridgehead atoms. The summed E-state index contributed by atoms with van der Waals surface area (Å²) in [5, 5.41) is 25.6. The Morgan fingerprint density at radius 1 is 1.15 bits per heavy atom. The van der Waals surface area contributed by atoms with E-state index in [1.54, 1.807) is 19.9 Å². The second kappa shape index (κ2) is 12.7. The van der Waals surface area contributed by atoms with Crippen LogP contribution in [-0.2, 0) is 30.4 Å². The van der Waals surface area contributed by atoms with E-state index in [1.165, 1.54) is 25.1 Å². The lowest BCUT2D eigenvalue weighted by atomic mass is 9.64. The van der Waals surface area contributed by atoms with Crippen molar-refractivity contribution in [3.63, 3.8) is 0 Å². The zero-order valence-electron chi connectivity index (χ0n) is 23.2.